The molecule has 0 radical (unpaired) electrons. The number of halogens is 1. The lowest BCUT2D eigenvalue weighted by molar-refractivity contribution is -0.136. The van der Waals surface area contributed by atoms with E-state index in [-0.39, 0.29) is 11.0 Å². The van der Waals surface area contributed by atoms with Crippen molar-refractivity contribution in [2.24, 2.45) is 4.99 Å². The molecule has 4 rings (SSSR count). The van der Waals surface area contributed by atoms with Gasteiger partial charge >= 0.3 is 5.97 Å². The highest BCUT2D eigenvalue weighted by Crippen LogP contribution is 2.34. The Morgan fingerprint density at radius 1 is 1.15 bits per heavy atom. The second kappa shape index (κ2) is 8.76. The lowest BCUT2D eigenvalue weighted by atomic mass is 9.87. The minimum atomic E-state index is -0.715. The van der Waals surface area contributed by atoms with Gasteiger partial charge in [-0.1, -0.05) is 86.2 Å². The number of hydrogen-bond acceptors (Lipinski definition) is 5. The Morgan fingerprint density at radius 3 is 2.42 bits per heavy atom. The number of hydrogen-bond donors (Lipinski definition) is 0. The van der Waals surface area contributed by atoms with E-state index in [0.29, 0.717) is 31.2 Å². The number of nitrogens with zero attached hydrogens (tertiary/aromatic N) is 2. The molecule has 170 valence electrons. The molecular weight excluding hydrogens is 456 g/mol. The van der Waals surface area contributed by atoms with E-state index in [9.17, 15) is 9.59 Å². The molecule has 1 aromatic heterocycles. The molecule has 1 aliphatic rings. The van der Waals surface area contributed by atoms with E-state index in [2.05, 4.69) is 37.9 Å². The second-order valence-electron chi connectivity index (χ2n) is 8.97. The molecule has 0 unspecified atom stereocenters. The topological polar surface area (TPSA) is 60.7 Å². The molecule has 0 saturated carbocycles. The number of aromatic nitrogens is 1. The standard InChI is InChI=1S/C26H25ClN2O3S/c1-15-21(24(31)32-5)22(18-8-6-7-9-19(18)27)29-23(30)20(33-25(29)28-15)14-16-10-12-17(13-11-16)26(2,3)4/h6-14,22H,1-5H3/t22-/m0/s1. The second-order valence-corrected chi connectivity index (χ2v) is 10.4. The van der Waals surface area contributed by atoms with E-state index >= 15 is 0 Å². The van der Waals surface area contributed by atoms with Crippen molar-refractivity contribution in [1.82, 2.24) is 4.57 Å². The Balaban J connectivity index is 1.92. The van der Waals surface area contributed by atoms with Crippen LogP contribution in [0.1, 0.15) is 50.4 Å². The van der Waals surface area contributed by atoms with Gasteiger partial charge in [0, 0.05) is 5.02 Å². The van der Waals surface area contributed by atoms with Gasteiger partial charge in [0.25, 0.3) is 5.56 Å². The van der Waals surface area contributed by atoms with Crippen LogP contribution in [0.3, 0.4) is 0 Å². The van der Waals surface area contributed by atoms with Gasteiger partial charge in [0.15, 0.2) is 4.80 Å². The molecule has 0 N–H and O–H groups in total. The van der Waals surface area contributed by atoms with Gasteiger partial charge in [-0.25, -0.2) is 9.79 Å². The highest BCUT2D eigenvalue weighted by molar-refractivity contribution is 7.07. The summed E-state index contributed by atoms with van der Waals surface area (Å²) in [5.41, 5.74) is 3.43. The van der Waals surface area contributed by atoms with Crippen LogP contribution in [0.15, 0.2) is 69.6 Å². The molecule has 0 saturated heterocycles. The molecular formula is C26H25ClN2O3S. The van der Waals surface area contributed by atoms with Crippen LogP contribution in [-0.2, 0) is 14.9 Å². The van der Waals surface area contributed by atoms with Crippen LogP contribution in [-0.4, -0.2) is 17.6 Å². The first-order chi connectivity index (χ1) is 15.6. The maximum absolute atomic E-state index is 13.6. The predicted octanol–water partition coefficient (Wildman–Crippen LogP) is 4.36. The van der Waals surface area contributed by atoms with Crippen molar-refractivity contribution in [3.63, 3.8) is 0 Å². The Labute approximate surface area is 201 Å². The summed E-state index contributed by atoms with van der Waals surface area (Å²) in [6, 6.07) is 14.7. The summed E-state index contributed by atoms with van der Waals surface area (Å²) < 4.78 is 7.11. The van der Waals surface area contributed by atoms with E-state index in [0.717, 1.165) is 5.56 Å². The average Bonchev–Trinajstić information content (AvgIpc) is 3.07. The number of allylic oxidation sites excluding steroid dienone is 1. The Hall–Kier alpha value is -2.96. The number of fused-ring (bicyclic) bond motifs is 1. The Bertz CT molecular complexity index is 1440. The Kier molecular flexibility index (Phi) is 6.16. The number of carbonyl (C=O) groups is 1. The molecule has 5 nitrogen and oxygen atoms in total. The fraction of sp³-hybridized carbons (Fsp3) is 0.269. The molecule has 0 spiro atoms. The molecule has 0 amide bonds. The third-order valence-corrected chi connectivity index (χ3v) is 7.03. The van der Waals surface area contributed by atoms with Gasteiger partial charge in [0.1, 0.15) is 6.04 Å². The van der Waals surface area contributed by atoms with Crippen molar-refractivity contribution in [2.45, 2.75) is 39.2 Å². The van der Waals surface area contributed by atoms with E-state index in [1.165, 1.54) is 24.0 Å². The third-order valence-electron chi connectivity index (χ3n) is 5.70. The summed E-state index contributed by atoms with van der Waals surface area (Å²) in [6.45, 7) is 8.24. The highest BCUT2D eigenvalue weighted by Gasteiger charge is 2.34. The molecule has 0 fully saturated rings. The smallest absolute Gasteiger partial charge is 0.338 e. The van der Waals surface area contributed by atoms with Gasteiger partial charge in [-0.3, -0.25) is 9.36 Å². The van der Waals surface area contributed by atoms with Crippen molar-refractivity contribution < 1.29 is 9.53 Å². The summed E-state index contributed by atoms with van der Waals surface area (Å²) in [7, 11) is 1.32. The van der Waals surface area contributed by atoms with Crippen LogP contribution in [0, 0.1) is 0 Å². The highest BCUT2D eigenvalue weighted by atomic mass is 35.5. The molecule has 1 aliphatic heterocycles. The summed E-state index contributed by atoms with van der Waals surface area (Å²) in [4.78, 5) is 31.4. The largest absolute Gasteiger partial charge is 0.466 e. The zero-order valence-electron chi connectivity index (χ0n) is 19.2. The lowest BCUT2D eigenvalue weighted by Crippen LogP contribution is -2.39. The molecule has 0 aliphatic carbocycles. The number of esters is 1. The molecule has 7 heteroatoms. The van der Waals surface area contributed by atoms with Crippen molar-refractivity contribution in [3.8, 4) is 0 Å². The van der Waals surface area contributed by atoms with Crippen molar-refractivity contribution in [2.75, 3.05) is 7.11 Å². The van der Waals surface area contributed by atoms with Crippen molar-refractivity contribution >= 4 is 35.0 Å². The van der Waals surface area contributed by atoms with E-state index < -0.39 is 12.0 Å². The van der Waals surface area contributed by atoms with Crippen LogP contribution in [0.4, 0.5) is 0 Å². The van der Waals surface area contributed by atoms with E-state index in [1.54, 1.807) is 17.6 Å². The van der Waals surface area contributed by atoms with Crippen molar-refractivity contribution in [1.29, 1.82) is 0 Å². The number of benzene rings is 2. The SMILES string of the molecule is COC(=O)C1=C(C)N=c2sc(=Cc3ccc(C(C)(C)C)cc3)c(=O)n2[C@H]1c1ccccc1Cl. The minimum Gasteiger partial charge on any atom is -0.466 e. The lowest BCUT2D eigenvalue weighted by Gasteiger charge is -2.25. The van der Waals surface area contributed by atoms with Gasteiger partial charge in [-0.05, 0) is 41.2 Å². The first-order valence-corrected chi connectivity index (χ1v) is 11.8. The molecule has 3 aromatic rings. The predicted molar refractivity (Wildman–Crippen MR) is 132 cm³/mol. The zero-order valence-corrected chi connectivity index (χ0v) is 20.8. The van der Waals surface area contributed by atoms with Gasteiger partial charge in [-0.15, -0.1) is 0 Å². The average molecular weight is 481 g/mol. The maximum Gasteiger partial charge on any atom is 0.338 e. The molecule has 33 heavy (non-hydrogen) atoms. The van der Waals surface area contributed by atoms with Crippen LogP contribution in [0.25, 0.3) is 6.08 Å². The third kappa shape index (κ3) is 4.33. The first-order valence-electron chi connectivity index (χ1n) is 10.6. The summed E-state index contributed by atoms with van der Waals surface area (Å²) in [5.74, 6) is -0.534. The summed E-state index contributed by atoms with van der Waals surface area (Å²) in [6.07, 6.45) is 1.86. The maximum atomic E-state index is 13.6. The molecule has 0 bridgehead atoms. The molecule has 2 heterocycles. The van der Waals surface area contributed by atoms with E-state index in [1.807, 2.05) is 36.4 Å². The van der Waals surface area contributed by atoms with Crippen molar-refractivity contribution in [3.05, 3.63) is 101 Å². The molecule has 1 atom stereocenters. The summed E-state index contributed by atoms with van der Waals surface area (Å²) >= 11 is 7.80. The van der Waals surface area contributed by atoms with Crippen LogP contribution < -0.4 is 14.9 Å². The van der Waals surface area contributed by atoms with Gasteiger partial charge in [0.05, 0.1) is 22.9 Å². The number of thiazole rings is 1. The number of carbonyl (C=O) groups excluding carboxylic acids is 1. The zero-order chi connectivity index (χ0) is 23.9. The van der Waals surface area contributed by atoms with Gasteiger partial charge in [0.2, 0.25) is 0 Å². The number of ether oxygens (including phenoxy) is 1. The minimum absolute atomic E-state index is 0.0502. The first kappa shape index (κ1) is 23.2. The van der Waals surface area contributed by atoms with Gasteiger partial charge < -0.3 is 4.74 Å². The fourth-order valence-electron chi connectivity index (χ4n) is 3.91. The summed E-state index contributed by atoms with van der Waals surface area (Å²) in [5, 5.41) is 0.464. The van der Waals surface area contributed by atoms with E-state index in [4.69, 9.17) is 16.3 Å². The number of rotatable bonds is 3. The molecule has 2 aromatic carbocycles. The number of methoxy groups -OCH3 is 1. The fourth-order valence-corrected chi connectivity index (χ4v) is 5.20. The quantitative estimate of drug-likeness (QED) is 0.523. The normalized spacial score (nSPS) is 16.4. The van der Waals surface area contributed by atoms with Crippen LogP contribution in [0.5, 0.6) is 0 Å². The Morgan fingerprint density at radius 2 is 1.82 bits per heavy atom. The monoisotopic (exact) mass is 480 g/mol. The van der Waals surface area contributed by atoms with Gasteiger partial charge in [-0.2, -0.15) is 0 Å². The van der Waals surface area contributed by atoms with Crippen LogP contribution in [0.2, 0.25) is 5.02 Å². The van der Waals surface area contributed by atoms with Crippen LogP contribution >= 0.6 is 22.9 Å².